The summed E-state index contributed by atoms with van der Waals surface area (Å²) in [5.74, 6) is -1.15. The summed E-state index contributed by atoms with van der Waals surface area (Å²) in [4.78, 5) is 27.9. The van der Waals surface area contributed by atoms with E-state index in [0.717, 1.165) is 11.1 Å². The molecule has 0 aliphatic carbocycles. The number of ether oxygens (including phenoxy) is 2. The highest BCUT2D eigenvalue weighted by molar-refractivity contribution is 5.91. The predicted octanol–water partition coefficient (Wildman–Crippen LogP) is 3.59. The molecule has 1 fully saturated rings. The normalized spacial score (nSPS) is 19.7. The summed E-state index contributed by atoms with van der Waals surface area (Å²) in [6, 6.07) is 18.5. The highest BCUT2D eigenvalue weighted by Crippen LogP contribution is 2.36. The summed E-state index contributed by atoms with van der Waals surface area (Å²) < 4.78 is 10.9. The zero-order valence-corrected chi connectivity index (χ0v) is 16.8. The largest absolute Gasteiger partial charge is 0.467 e. The molecule has 0 saturated carbocycles. The molecule has 0 aromatic heterocycles. The predicted molar refractivity (Wildman–Crippen MR) is 107 cm³/mol. The zero-order valence-electron chi connectivity index (χ0n) is 16.8. The molecule has 3 rings (SSSR count). The number of carbonyl (C=O) groups excluding carboxylic acids is 2. The minimum Gasteiger partial charge on any atom is -0.467 e. The van der Waals surface area contributed by atoms with Gasteiger partial charge in [-0.25, -0.2) is 4.79 Å². The van der Waals surface area contributed by atoms with E-state index < -0.39 is 24.2 Å². The van der Waals surface area contributed by atoms with Crippen LogP contribution in [0.2, 0.25) is 0 Å². The minimum atomic E-state index is -0.753. The summed E-state index contributed by atoms with van der Waals surface area (Å²) in [5, 5.41) is 0. The van der Waals surface area contributed by atoms with E-state index in [9.17, 15) is 9.59 Å². The monoisotopic (exact) mass is 381 g/mol. The lowest BCUT2D eigenvalue weighted by atomic mass is 9.87. The van der Waals surface area contributed by atoms with Crippen molar-refractivity contribution in [2.24, 2.45) is 5.41 Å². The van der Waals surface area contributed by atoms with Crippen LogP contribution in [0.4, 0.5) is 0 Å². The highest BCUT2D eigenvalue weighted by Gasteiger charge is 2.49. The lowest BCUT2D eigenvalue weighted by Gasteiger charge is -2.37. The number of hydrogen-bond donors (Lipinski definition) is 0. The Morgan fingerprint density at radius 3 is 1.93 bits per heavy atom. The van der Waals surface area contributed by atoms with Crippen molar-refractivity contribution in [2.75, 3.05) is 13.7 Å². The van der Waals surface area contributed by atoms with Gasteiger partial charge in [-0.1, -0.05) is 81.4 Å². The van der Waals surface area contributed by atoms with Gasteiger partial charge in [0, 0.05) is 5.41 Å². The van der Waals surface area contributed by atoms with Gasteiger partial charge in [0.2, 0.25) is 5.91 Å². The van der Waals surface area contributed by atoms with Gasteiger partial charge in [-0.05, 0) is 11.1 Å². The Labute approximate surface area is 166 Å². The van der Waals surface area contributed by atoms with Crippen molar-refractivity contribution >= 4 is 11.9 Å². The maximum absolute atomic E-state index is 13.9. The third kappa shape index (κ3) is 3.94. The molecule has 5 nitrogen and oxygen atoms in total. The Balaban J connectivity index is 2.08. The van der Waals surface area contributed by atoms with Gasteiger partial charge in [0.05, 0.1) is 19.6 Å². The number of benzene rings is 2. The van der Waals surface area contributed by atoms with E-state index in [1.54, 1.807) is 4.90 Å². The highest BCUT2D eigenvalue weighted by atomic mass is 16.5. The molecule has 1 amide bonds. The number of nitrogens with zero attached hydrogens (tertiary/aromatic N) is 1. The first-order valence-corrected chi connectivity index (χ1v) is 9.46. The maximum Gasteiger partial charge on any atom is 0.331 e. The molecular formula is C23H27NO4. The second kappa shape index (κ2) is 8.15. The molecule has 2 aromatic carbocycles. The van der Waals surface area contributed by atoms with Crippen molar-refractivity contribution in [1.82, 2.24) is 4.90 Å². The second-order valence-corrected chi connectivity index (χ2v) is 8.09. The molecule has 1 unspecified atom stereocenters. The smallest absolute Gasteiger partial charge is 0.331 e. The third-order valence-electron chi connectivity index (χ3n) is 4.98. The lowest BCUT2D eigenvalue weighted by molar-refractivity contribution is -0.156. The van der Waals surface area contributed by atoms with Gasteiger partial charge in [-0.3, -0.25) is 9.69 Å². The molecule has 5 heteroatoms. The molecule has 0 N–H and O–H groups in total. The number of rotatable bonds is 4. The summed E-state index contributed by atoms with van der Waals surface area (Å²) in [7, 11) is 1.33. The Morgan fingerprint density at radius 1 is 1.00 bits per heavy atom. The first-order valence-electron chi connectivity index (χ1n) is 9.46. The van der Waals surface area contributed by atoms with Crippen LogP contribution in [0.15, 0.2) is 60.7 Å². The van der Waals surface area contributed by atoms with Gasteiger partial charge in [-0.2, -0.15) is 0 Å². The fourth-order valence-electron chi connectivity index (χ4n) is 3.68. The Hall–Kier alpha value is -2.66. The van der Waals surface area contributed by atoms with Crippen molar-refractivity contribution in [3.63, 3.8) is 0 Å². The van der Waals surface area contributed by atoms with Crippen LogP contribution < -0.4 is 0 Å². The van der Waals surface area contributed by atoms with Crippen LogP contribution in [0.3, 0.4) is 0 Å². The van der Waals surface area contributed by atoms with E-state index >= 15 is 0 Å². The quantitative estimate of drug-likeness (QED) is 0.760. The summed E-state index contributed by atoms with van der Waals surface area (Å²) in [5.41, 5.74) is 1.40. The van der Waals surface area contributed by atoms with Gasteiger partial charge in [0.25, 0.3) is 0 Å². The molecule has 2 atom stereocenters. The number of amides is 1. The van der Waals surface area contributed by atoms with Crippen LogP contribution in [-0.2, 0) is 19.1 Å². The minimum absolute atomic E-state index is 0.136. The number of esters is 1. The van der Waals surface area contributed by atoms with Crippen LogP contribution in [0.5, 0.6) is 0 Å². The van der Waals surface area contributed by atoms with E-state index in [1.165, 1.54) is 7.11 Å². The fourth-order valence-corrected chi connectivity index (χ4v) is 3.68. The molecule has 0 bridgehead atoms. The molecule has 1 heterocycles. The van der Waals surface area contributed by atoms with E-state index in [1.807, 2.05) is 81.4 Å². The van der Waals surface area contributed by atoms with Crippen LogP contribution >= 0.6 is 0 Å². The number of methoxy groups -OCH3 is 1. The first-order chi connectivity index (χ1) is 13.3. The molecule has 148 valence electrons. The topological polar surface area (TPSA) is 55.8 Å². The van der Waals surface area contributed by atoms with E-state index in [4.69, 9.17) is 9.47 Å². The van der Waals surface area contributed by atoms with Gasteiger partial charge in [-0.15, -0.1) is 0 Å². The fraction of sp³-hybridized carbons (Fsp3) is 0.391. The van der Waals surface area contributed by atoms with Crippen LogP contribution in [0.25, 0.3) is 0 Å². The zero-order chi connectivity index (χ0) is 20.3. The number of carbonyl (C=O) groups is 2. The molecule has 1 aliphatic heterocycles. The van der Waals surface area contributed by atoms with Crippen molar-refractivity contribution in [2.45, 2.75) is 39.0 Å². The van der Waals surface area contributed by atoms with Crippen molar-refractivity contribution in [3.05, 3.63) is 71.8 Å². The standard InChI is InChI=1S/C23H27NO4/c1-23(2,3)22-24(18(15-28-22)21(26)27-4)20(25)19(16-11-7-5-8-12-16)17-13-9-6-10-14-17/h5-14,18-19,22H,15H2,1-4H3/t18-,22?/m0/s1. The molecule has 2 aromatic rings. The average molecular weight is 381 g/mol. The average Bonchev–Trinajstić information content (AvgIpc) is 3.15. The van der Waals surface area contributed by atoms with Crippen LogP contribution in [0.1, 0.15) is 37.8 Å². The third-order valence-corrected chi connectivity index (χ3v) is 4.98. The van der Waals surface area contributed by atoms with Crippen molar-refractivity contribution in [1.29, 1.82) is 0 Å². The molecule has 1 saturated heterocycles. The summed E-state index contributed by atoms with van der Waals surface area (Å²) >= 11 is 0. The van der Waals surface area contributed by atoms with Crippen LogP contribution in [0, 0.1) is 5.41 Å². The molecule has 0 radical (unpaired) electrons. The Kier molecular flexibility index (Phi) is 5.84. The van der Waals surface area contributed by atoms with Crippen molar-refractivity contribution < 1.29 is 19.1 Å². The SMILES string of the molecule is COC(=O)[C@@H]1COC(C(C)(C)C)N1C(=O)C(c1ccccc1)c1ccccc1. The molecule has 28 heavy (non-hydrogen) atoms. The van der Waals surface area contributed by atoms with Crippen LogP contribution in [-0.4, -0.2) is 42.8 Å². The van der Waals surface area contributed by atoms with E-state index in [2.05, 4.69) is 0 Å². The van der Waals surface area contributed by atoms with E-state index in [-0.39, 0.29) is 17.9 Å². The van der Waals surface area contributed by atoms with Gasteiger partial charge in [0.1, 0.15) is 6.23 Å². The maximum atomic E-state index is 13.9. The Bertz CT molecular complexity index is 774. The number of hydrogen-bond acceptors (Lipinski definition) is 4. The molecular weight excluding hydrogens is 354 g/mol. The van der Waals surface area contributed by atoms with Gasteiger partial charge < -0.3 is 9.47 Å². The first kappa shape index (κ1) is 20.1. The lowest BCUT2D eigenvalue weighted by Crippen LogP contribution is -2.52. The van der Waals surface area contributed by atoms with Gasteiger partial charge in [0.15, 0.2) is 6.04 Å². The van der Waals surface area contributed by atoms with Crippen molar-refractivity contribution in [3.8, 4) is 0 Å². The van der Waals surface area contributed by atoms with E-state index in [0.29, 0.717) is 0 Å². The summed E-state index contributed by atoms with van der Waals surface area (Å²) in [6.07, 6.45) is -0.515. The van der Waals surface area contributed by atoms with Gasteiger partial charge >= 0.3 is 5.97 Å². The second-order valence-electron chi connectivity index (χ2n) is 8.09. The molecule has 1 aliphatic rings. The Morgan fingerprint density at radius 2 is 1.50 bits per heavy atom. The molecule has 0 spiro atoms. The summed E-state index contributed by atoms with van der Waals surface area (Å²) in [6.45, 7) is 6.13.